The minimum absolute atomic E-state index is 0.292. The molecule has 17 heavy (non-hydrogen) atoms. The van der Waals surface area contributed by atoms with Crippen molar-refractivity contribution in [2.45, 2.75) is 45.8 Å². The summed E-state index contributed by atoms with van der Waals surface area (Å²) in [7, 11) is 1.95. The molecule has 2 heterocycles. The SMILES string of the molecule is Cc1cc(OC2CCCN(C(C)C)C2)nn1C. The normalized spacial score (nSPS) is 22.1. The second-order valence-electron chi connectivity index (χ2n) is 5.22. The third-order valence-corrected chi connectivity index (χ3v) is 3.52. The highest BCUT2D eigenvalue weighted by Gasteiger charge is 2.23. The molecule has 96 valence electrons. The molecule has 0 aliphatic carbocycles. The smallest absolute Gasteiger partial charge is 0.233 e. The van der Waals surface area contributed by atoms with Crippen LogP contribution in [0.1, 0.15) is 32.4 Å². The van der Waals surface area contributed by atoms with Crippen molar-refractivity contribution in [3.8, 4) is 5.88 Å². The van der Waals surface area contributed by atoms with E-state index in [0.717, 1.165) is 24.5 Å². The molecule has 0 amide bonds. The number of hydrogen-bond donors (Lipinski definition) is 0. The van der Waals surface area contributed by atoms with Gasteiger partial charge in [-0.3, -0.25) is 9.58 Å². The molecule has 0 aromatic carbocycles. The third-order valence-electron chi connectivity index (χ3n) is 3.52. The Morgan fingerprint density at radius 1 is 1.47 bits per heavy atom. The lowest BCUT2D eigenvalue weighted by molar-refractivity contribution is 0.0673. The lowest BCUT2D eigenvalue weighted by Crippen LogP contribution is -2.44. The zero-order valence-electron chi connectivity index (χ0n) is 11.3. The quantitative estimate of drug-likeness (QED) is 0.805. The summed E-state index contributed by atoms with van der Waals surface area (Å²) in [6.45, 7) is 8.74. The van der Waals surface area contributed by atoms with Crippen LogP contribution in [0.15, 0.2) is 6.07 Å². The Labute approximate surface area is 104 Å². The monoisotopic (exact) mass is 237 g/mol. The van der Waals surface area contributed by atoms with Crippen LogP contribution in [0.2, 0.25) is 0 Å². The molecular formula is C13H23N3O. The molecule has 0 N–H and O–H groups in total. The van der Waals surface area contributed by atoms with Crippen LogP contribution in [0.4, 0.5) is 0 Å². The van der Waals surface area contributed by atoms with Gasteiger partial charge < -0.3 is 4.74 Å². The Hall–Kier alpha value is -1.03. The molecule has 1 fully saturated rings. The van der Waals surface area contributed by atoms with Crippen LogP contribution < -0.4 is 4.74 Å². The molecule has 0 spiro atoms. The summed E-state index contributed by atoms with van der Waals surface area (Å²) in [5, 5.41) is 4.35. The Morgan fingerprint density at radius 2 is 2.24 bits per heavy atom. The van der Waals surface area contributed by atoms with Gasteiger partial charge in [0.05, 0.1) is 0 Å². The first-order valence-corrected chi connectivity index (χ1v) is 6.47. The third kappa shape index (κ3) is 3.00. The average Bonchev–Trinajstić information content (AvgIpc) is 2.58. The summed E-state index contributed by atoms with van der Waals surface area (Å²) in [5.41, 5.74) is 1.14. The van der Waals surface area contributed by atoms with Crippen LogP contribution in [0.3, 0.4) is 0 Å². The first kappa shape index (κ1) is 12.4. The van der Waals surface area contributed by atoms with Gasteiger partial charge in [-0.25, -0.2) is 0 Å². The molecule has 1 atom stereocenters. The first-order valence-electron chi connectivity index (χ1n) is 6.47. The summed E-state index contributed by atoms with van der Waals surface area (Å²) >= 11 is 0. The van der Waals surface area contributed by atoms with Gasteiger partial charge in [-0.15, -0.1) is 5.10 Å². The number of nitrogens with zero attached hydrogens (tertiary/aromatic N) is 3. The van der Waals surface area contributed by atoms with E-state index in [9.17, 15) is 0 Å². The first-order chi connectivity index (χ1) is 8.06. The van der Waals surface area contributed by atoms with E-state index in [0.29, 0.717) is 12.1 Å². The van der Waals surface area contributed by atoms with Crippen molar-refractivity contribution in [2.75, 3.05) is 13.1 Å². The molecule has 0 bridgehead atoms. The van der Waals surface area contributed by atoms with E-state index in [4.69, 9.17) is 4.74 Å². The number of aryl methyl sites for hydroxylation is 2. The molecule has 4 nitrogen and oxygen atoms in total. The number of ether oxygens (including phenoxy) is 1. The lowest BCUT2D eigenvalue weighted by atomic mass is 10.1. The zero-order valence-corrected chi connectivity index (χ0v) is 11.3. The second-order valence-corrected chi connectivity index (χ2v) is 5.22. The molecule has 4 heteroatoms. The minimum atomic E-state index is 0.292. The highest BCUT2D eigenvalue weighted by Crippen LogP contribution is 2.19. The maximum absolute atomic E-state index is 5.96. The maximum atomic E-state index is 5.96. The fraction of sp³-hybridized carbons (Fsp3) is 0.769. The van der Waals surface area contributed by atoms with Crippen LogP contribution in [0, 0.1) is 6.92 Å². The maximum Gasteiger partial charge on any atom is 0.233 e. The van der Waals surface area contributed by atoms with Crippen molar-refractivity contribution in [3.63, 3.8) is 0 Å². The van der Waals surface area contributed by atoms with E-state index < -0.39 is 0 Å². The second kappa shape index (κ2) is 5.08. The highest BCUT2D eigenvalue weighted by molar-refractivity contribution is 5.14. The van der Waals surface area contributed by atoms with E-state index in [1.54, 1.807) is 0 Å². The molecule has 0 radical (unpaired) electrons. The largest absolute Gasteiger partial charge is 0.472 e. The molecule has 1 aromatic heterocycles. The molecule has 1 aliphatic heterocycles. The van der Waals surface area contributed by atoms with Gasteiger partial charge in [-0.1, -0.05) is 0 Å². The van der Waals surface area contributed by atoms with E-state index in [2.05, 4.69) is 23.8 Å². The number of likely N-dealkylation sites (tertiary alicyclic amines) is 1. The summed E-state index contributed by atoms with van der Waals surface area (Å²) in [4.78, 5) is 2.48. The Balaban J connectivity index is 1.94. The molecule has 1 saturated heterocycles. The molecule has 1 aromatic rings. The van der Waals surface area contributed by atoms with Gasteiger partial charge in [0.15, 0.2) is 0 Å². The highest BCUT2D eigenvalue weighted by atomic mass is 16.5. The molecule has 1 unspecified atom stereocenters. The van der Waals surface area contributed by atoms with E-state index in [1.165, 1.54) is 13.0 Å². The van der Waals surface area contributed by atoms with Gasteiger partial charge in [0.25, 0.3) is 0 Å². The van der Waals surface area contributed by atoms with Crippen molar-refractivity contribution in [1.29, 1.82) is 0 Å². The standard InChI is InChI=1S/C13H23N3O/c1-10(2)16-7-5-6-12(9-16)17-13-8-11(3)15(4)14-13/h8,10,12H,5-7,9H2,1-4H3. The fourth-order valence-corrected chi connectivity index (χ4v) is 2.29. The van der Waals surface area contributed by atoms with Gasteiger partial charge in [0.2, 0.25) is 5.88 Å². The van der Waals surface area contributed by atoms with Crippen molar-refractivity contribution < 1.29 is 4.74 Å². The lowest BCUT2D eigenvalue weighted by Gasteiger charge is -2.34. The molecular weight excluding hydrogens is 214 g/mol. The average molecular weight is 237 g/mol. The predicted molar refractivity (Wildman–Crippen MR) is 68.3 cm³/mol. The van der Waals surface area contributed by atoms with Crippen molar-refractivity contribution in [2.24, 2.45) is 7.05 Å². The van der Waals surface area contributed by atoms with Gasteiger partial charge in [0, 0.05) is 31.4 Å². The van der Waals surface area contributed by atoms with Crippen LogP contribution in [-0.4, -0.2) is 39.9 Å². The summed E-state index contributed by atoms with van der Waals surface area (Å²) in [5.74, 6) is 0.764. The topological polar surface area (TPSA) is 30.3 Å². The predicted octanol–water partition coefficient (Wildman–Crippen LogP) is 1.98. The molecule has 2 rings (SSSR count). The van der Waals surface area contributed by atoms with Crippen molar-refractivity contribution in [1.82, 2.24) is 14.7 Å². The number of rotatable bonds is 3. The van der Waals surface area contributed by atoms with Crippen molar-refractivity contribution in [3.05, 3.63) is 11.8 Å². The molecule has 0 saturated carbocycles. The summed E-state index contributed by atoms with van der Waals surface area (Å²) in [6, 6.07) is 2.61. The van der Waals surface area contributed by atoms with Gasteiger partial charge in [-0.2, -0.15) is 0 Å². The fourth-order valence-electron chi connectivity index (χ4n) is 2.29. The van der Waals surface area contributed by atoms with Crippen LogP contribution in [0.25, 0.3) is 0 Å². The van der Waals surface area contributed by atoms with Gasteiger partial charge in [0.1, 0.15) is 6.10 Å². The van der Waals surface area contributed by atoms with E-state index in [-0.39, 0.29) is 0 Å². The van der Waals surface area contributed by atoms with Crippen LogP contribution >= 0.6 is 0 Å². The van der Waals surface area contributed by atoms with Crippen LogP contribution in [-0.2, 0) is 7.05 Å². The summed E-state index contributed by atoms with van der Waals surface area (Å²) in [6.07, 6.45) is 2.65. The van der Waals surface area contributed by atoms with Gasteiger partial charge >= 0.3 is 0 Å². The Bertz CT molecular complexity index is 353. The molecule has 1 aliphatic rings. The summed E-state index contributed by atoms with van der Waals surface area (Å²) < 4.78 is 7.82. The minimum Gasteiger partial charge on any atom is -0.472 e. The Morgan fingerprint density at radius 3 is 2.82 bits per heavy atom. The van der Waals surface area contributed by atoms with Crippen molar-refractivity contribution >= 4 is 0 Å². The van der Waals surface area contributed by atoms with E-state index >= 15 is 0 Å². The Kier molecular flexibility index (Phi) is 3.72. The number of hydrogen-bond acceptors (Lipinski definition) is 3. The van der Waals surface area contributed by atoms with Gasteiger partial charge in [-0.05, 0) is 40.2 Å². The van der Waals surface area contributed by atoms with Crippen LogP contribution in [0.5, 0.6) is 5.88 Å². The zero-order chi connectivity index (χ0) is 12.4. The number of aromatic nitrogens is 2. The number of piperidine rings is 1. The van der Waals surface area contributed by atoms with E-state index in [1.807, 2.05) is 24.7 Å².